The van der Waals surface area contributed by atoms with Gasteiger partial charge in [0.2, 0.25) is 0 Å². The molecule has 0 fully saturated rings. The Morgan fingerprint density at radius 1 is 1.31 bits per heavy atom. The highest BCUT2D eigenvalue weighted by molar-refractivity contribution is 5.53. The Balaban J connectivity index is 1.99. The lowest BCUT2D eigenvalue weighted by molar-refractivity contribution is 0.409. The van der Waals surface area contributed by atoms with Crippen molar-refractivity contribution in [2.45, 2.75) is 26.3 Å². The summed E-state index contributed by atoms with van der Waals surface area (Å²) in [7, 11) is 0. The van der Waals surface area contributed by atoms with Crippen LogP contribution in [0.5, 0.6) is 0 Å². The molecule has 0 aromatic carbocycles. The van der Waals surface area contributed by atoms with Crippen molar-refractivity contribution < 1.29 is 0 Å². The molecule has 0 saturated heterocycles. The zero-order valence-corrected chi connectivity index (χ0v) is 9.43. The predicted octanol–water partition coefficient (Wildman–Crippen LogP) is 2.53. The molecule has 0 N–H and O–H groups in total. The van der Waals surface area contributed by atoms with Crippen LogP contribution in [0.2, 0.25) is 0 Å². The van der Waals surface area contributed by atoms with E-state index in [2.05, 4.69) is 27.7 Å². The second kappa shape index (κ2) is 3.74. The van der Waals surface area contributed by atoms with Gasteiger partial charge in [0.25, 0.3) is 0 Å². The van der Waals surface area contributed by atoms with Crippen molar-refractivity contribution in [1.29, 1.82) is 0 Å². The van der Waals surface area contributed by atoms with Gasteiger partial charge in [0, 0.05) is 25.4 Å². The first-order valence-corrected chi connectivity index (χ1v) is 5.80. The van der Waals surface area contributed by atoms with Crippen LogP contribution >= 0.6 is 0 Å². The summed E-state index contributed by atoms with van der Waals surface area (Å²) in [5.41, 5.74) is 1.97. The molecule has 1 atom stereocenters. The van der Waals surface area contributed by atoms with Crippen LogP contribution in [0, 0.1) is 5.92 Å². The molecule has 0 radical (unpaired) electrons. The van der Waals surface area contributed by atoms with Gasteiger partial charge in [0.05, 0.1) is 5.69 Å². The van der Waals surface area contributed by atoms with Gasteiger partial charge >= 0.3 is 0 Å². The summed E-state index contributed by atoms with van der Waals surface area (Å²) in [4.78, 5) is 9.01. The topological polar surface area (TPSA) is 30.7 Å². The summed E-state index contributed by atoms with van der Waals surface area (Å²) in [5.74, 6) is 1.96. The quantitative estimate of drug-likeness (QED) is 0.728. The van der Waals surface area contributed by atoms with Crippen LogP contribution in [0.3, 0.4) is 0 Å². The van der Waals surface area contributed by atoms with Crippen LogP contribution < -0.4 is 0 Å². The summed E-state index contributed by atoms with van der Waals surface area (Å²) in [6, 6.07) is 5.95. The molecule has 2 aromatic rings. The minimum atomic E-state index is 0.756. The van der Waals surface area contributed by atoms with Crippen LogP contribution in [-0.2, 0) is 13.0 Å². The van der Waals surface area contributed by atoms with Gasteiger partial charge in [-0.15, -0.1) is 0 Å². The van der Waals surface area contributed by atoms with Crippen LogP contribution in [0.1, 0.15) is 19.2 Å². The molecule has 3 heteroatoms. The van der Waals surface area contributed by atoms with E-state index in [0.717, 1.165) is 30.3 Å². The number of pyridine rings is 1. The average Bonchev–Trinajstić information content (AvgIpc) is 2.73. The number of fused-ring (bicyclic) bond motifs is 1. The van der Waals surface area contributed by atoms with Crippen molar-refractivity contribution in [2.75, 3.05) is 0 Å². The molecule has 0 amide bonds. The number of imidazole rings is 1. The minimum Gasteiger partial charge on any atom is -0.334 e. The summed E-state index contributed by atoms with van der Waals surface area (Å²) in [6.07, 6.45) is 6.29. The highest BCUT2D eigenvalue weighted by Crippen LogP contribution is 2.23. The Labute approximate surface area is 95.2 Å². The SMILES string of the molecule is C[C@@H]1CCn2cc(-c3ccccn3)nc2C1. The first-order valence-electron chi connectivity index (χ1n) is 5.80. The number of nitrogens with zero attached hydrogens (tertiary/aromatic N) is 3. The van der Waals surface area contributed by atoms with Gasteiger partial charge in [-0.2, -0.15) is 0 Å². The van der Waals surface area contributed by atoms with Crippen molar-refractivity contribution in [3.8, 4) is 11.4 Å². The monoisotopic (exact) mass is 213 g/mol. The lowest BCUT2D eigenvalue weighted by atomic mass is 10.0. The first kappa shape index (κ1) is 9.58. The van der Waals surface area contributed by atoms with Gasteiger partial charge in [-0.05, 0) is 24.5 Å². The third kappa shape index (κ3) is 1.62. The van der Waals surface area contributed by atoms with E-state index in [-0.39, 0.29) is 0 Å². The van der Waals surface area contributed by atoms with Gasteiger partial charge in [0.15, 0.2) is 0 Å². The summed E-state index contributed by atoms with van der Waals surface area (Å²) < 4.78 is 2.27. The average molecular weight is 213 g/mol. The van der Waals surface area contributed by atoms with E-state index in [1.165, 1.54) is 12.2 Å². The fraction of sp³-hybridized carbons (Fsp3) is 0.385. The fourth-order valence-electron chi connectivity index (χ4n) is 2.22. The Hall–Kier alpha value is -1.64. The molecule has 3 nitrogen and oxygen atoms in total. The van der Waals surface area contributed by atoms with E-state index in [9.17, 15) is 0 Å². The molecule has 3 heterocycles. The maximum absolute atomic E-state index is 4.67. The molecule has 0 aliphatic carbocycles. The molecule has 1 aliphatic heterocycles. The normalized spacial score (nSPS) is 19.4. The molecule has 3 rings (SSSR count). The molecular formula is C13H15N3. The van der Waals surface area contributed by atoms with Gasteiger partial charge in [-0.1, -0.05) is 13.0 Å². The predicted molar refractivity (Wildman–Crippen MR) is 62.9 cm³/mol. The molecular weight excluding hydrogens is 198 g/mol. The van der Waals surface area contributed by atoms with Crippen molar-refractivity contribution in [3.63, 3.8) is 0 Å². The van der Waals surface area contributed by atoms with Crippen molar-refractivity contribution in [1.82, 2.24) is 14.5 Å². The fourth-order valence-corrected chi connectivity index (χ4v) is 2.22. The van der Waals surface area contributed by atoms with E-state index in [4.69, 9.17) is 0 Å². The van der Waals surface area contributed by atoms with E-state index < -0.39 is 0 Å². The maximum Gasteiger partial charge on any atom is 0.109 e. The minimum absolute atomic E-state index is 0.756. The molecule has 16 heavy (non-hydrogen) atoms. The van der Waals surface area contributed by atoms with Crippen molar-refractivity contribution in [3.05, 3.63) is 36.4 Å². The Morgan fingerprint density at radius 3 is 3.06 bits per heavy atom. The Morgan fingerprint density at radius 2 is 2.25 bits per heavy atom. The summed E-state index contributed by atoms with van der Waals surface area (Å²) >= 11 is 0. The van der Waals surface area contributed by atoms with Crippen LogP contribution in [0.25, 0.3) is 11.4 Å². The smallest absolute Gasteiger partial charge is 0.109 e. The third-order valence-electron chi connectivity index (χ3n) is 3.18. The highest BCUT2D eigenvalue weighted by Gasteiger charge is 2.17. The first-order chi connectivity index (χ1) is 7.83. The zero-order valence-electron chi connectivity index (χ0n) is 9.43. The molecule has 0 saturated carbocycles. The van der Waals surface area contributed by atoms with Gasteiger partial charge in [-0.3, -0.25) is 4.98 Å². The van der Waals surface area contributed by atoms with Gasteiger partial charge in [0.1, 0.15) is 11.5 Å². The molecule has 0 spiro atoms. The lowest BCUT2D eigenvalue weighted by Gasteiger charge is -2.18. The Kier molecular flexibility index (Phi) is 2.24. The maximum atomic E-state index is 4.67. The Bertz CT molecular complexity index is 487. The largest absolute Gasteiger partial charge is 0.334 e. The molecule has 1 aliphatic rings. The van der Waals surface area contributed by atoms with Crippen LogP contribution in [0.4, 0.5) is 0 Å². The van der Waals surface area contributed by atoms with Crippen LogP contribution in [-0.4, -0.2) is 14.5 Å². The molecule has 0 unspecified atom stereocenters. The van der Waals surface area contributed by atoms with Crippen molar-refractivity contribution >= 4 is 0 Å². The number of hydrogen-bond acceptors (Lipinski definition) is 2. The summed E-state index contributed by atoms with van der Waals surface area (Å²) in [6.45, 7) is 3.38. The van der Waals surface area contributed by atoms with Gasteiger partial charge in [-0.25, -0.2) is 4.98 Å². The number of aryl methyl sites for hydroxylation is 1. The van der Waals surface area contributed by atoms with E-state index >= 15 is 0 Å². The van der Waals surface area contributed by atoms with Crippen LogP contribution in [0.15, 0.2) is 30.6 Å². The number of hydrogen-bond donors (Lipinski definition) is 0. The lowest BCUT2D eigenvalue weighted by Crippen LogP contribution is -2.16. The second-order valence-corrected chi connectivity index (χ2v) is 4.55. The standard InChI is InChI=1S/C13H15N3/c1-10-5-7-16-9-12(15-13(16)8-10)11-4-2-3-6-14-11/h2-4,6,9-10H,5,7-8H2,1H3/t10-/m1/s1. The number of rotatable bonds is 1. The van der Waals surface area contributed by atoms with Gasteiger partial charge < -0.3 is 4.57 Å². The third-order valence-corrected chi connectivity index (χ3v) is 3.18. The molecule has 0 bridgehead atoms. The highest BCUT2D eigenvalue weighted by atomic mass is 15.1. The van der Waals surface area contributed by atoms with Crippen molar-refractivity contribution in [2.24, 2.45) is 5.92 Å². The zero-order chi connectivity index (χ0) is 11.0. The van der Waals surface area contributed by atoms with E-state index in [1.54, 1.807) is 0 Å². The molecule has 2 aromatic heterocycles. The van der Waals surface area contributed by atoms with E-state index in [1.807, 2.05) is 24.4 Å². The van der Waals surface area contributed by atoms with E-state index in [0.29, 0.717) is 0 Å². The molecule has 82 valence electrons. The number of aromatic nitrogens is 3. The second-order valence-electron chi connectivity index (χ2n) is 4.55. The summed E-state index contributed by atoms with van der Waals surface area (Å²) in [5, 5.41) is 0.